The first-order valence-electron chi connectivity index (χ1n) is 22.1. The Morgan fingerprint density at radius 1 is 0.914 bits per heavy atom. The highest BCUT2D eigenvalue weighted by molar-refractivity contribution is 7.89. The third-order valence-corrected chi connectivity index (χ3v) is 13.0. The zero-order chi connectivity index (χ0) is 50.7. The van der Waals surface area contributed by atoms with Gasteiger partial charge < -0.3 is 45.7 Å². The molecule has 70 heavy (non-hydrogen) atoms. The Morgan fingerprint density at radius 3 is 2.29 bits per heavy atom. The lowest BCUT2D eigenvalue weighted by molar-refractivity contribution is -0.172. The standard InChI is InChI=1S/C48H51FN8O12S/c1-6-48(65)34-18-38-42-32(24-57(38)44(62)33(34)25-68-45(48)63)31(30-16-26(2)35(49)19-36(30)56-42)20-53-70(66,67)29-14-12-28(13-15-29)54-40(59)23-51-43(61)37(17-27-10-8-7-9-11-27)55-41(60)22-50-39(58)21-52-46(64)69-47(3,4)5/h7-16,18-19,37,53,65H,6,17,20-25H2,1-5H3,(H,50,58)(H,51,61)(H,52,64)(H,54,59)(H,55,60)/t37?,48-/m0/s1. The number of carbonyl (C=O) groups excluding carboxylic acids is 6. The first-order valence-corrected chi connectivity index (χ1v) is 23.6. The van der Waals surface area contributed by atoms with E-state index in [1.165, 1.54) is 41.0 Å². The van der Waals surface area contributed by atoms with Crippen LogP contribution in [0.3, 0.4) is 0 Å². The van der Waals surface area contributed by atoms with E-state index in [2.05, 4.69) is 31.3 Å². The highest BCUT2D eigenvalue weighted by atomic mass is 32.2. The van der Waals surface area contributed by atoms with Crippen molar-refractivity contribution in [2.75, 3.05) is 25.0 Å². The molecule has 0 radical (unpaired) electrons. The van der Waals surface area contributed by atoms with Gasteiger partial charge in [0.25, 0.3) is 5.56 Å². The van der Waals surface area contributed by atoms with Gasteiger partial charge in [0.2, 0.25) is 33.7 Å². The van der Waals surface area contributed by atoms with Crippen LogP contribution in [0.1, 0.15) is 67.5 Å². The Bertz CT molecular complexity index is 3100. The van der Waals surface area contributed by atoms with Crippen molar-refractivity contribution >= 4 is 62.3 Å². The summed E-state index contributed by atoms with van der Waals surface area (Å²) in [5, 5.41) is 24.0. The molecule has 3 aromatic carbocycles. The number of pyridine rings is 2. The van der Waals surface area contributed by atoms with Crippen LogP contribution in [0.5, 0.6) is 0 Å². The first-order chi connectivity index (χ1) is 33.1. The Hall–Kier alpha value is -7.56. The molecule has 22 heteroatoms. The predicted molar refractivity (Wildman–Crippen MR) is 251 cm³/mol. The van der Waals surface area contributed by atoms with Crippen molar-refractivity contribution in [3.8, 4) is 11.4 Å². The van der Waals surface area contributed by atoms with Gasteiger partial charge in [-0.25, -0.2) is 32.1 Å². The van der Waals surface area contributed by atoms with E-state index in [4.69, 9.17) is 14.5 Å². The monoisotopic (exact) mass is 982 g/mol. The molecule has 2 aromatic heterocycles. The number of anilines is 1. The number of nitrogens with zero attached hydrogens (tertiary/aromatic N) is 2. The van der Waals surface area contributed by atoms with Crippen LogP contribution in [0.2, 0.25) is 0 Å². The molecule has 5 amide bonds. The van der Waals surface area contributed by atoms with Gasteiger partial charge in [0, 0.05) is 41.2 Å². The maximum absolute atomic E-state index is 15.0. The molecule has 0 fully saturated rings. The second kappa shape index (κ2) is 20.2. The second-order valence-corrected chi connectivity index (χ2v) is 19.5. The van der Waals surface area contributed by atoms with Gasteiger partial charge in [-0.05, 0) is 87.2 Å². The van der Waals surface area contributed by atoms with Gasteiger partial charge in [0.05, 0.1) is 47.0 Å². The van der Waals surface area contributed by atoms with Gasteiger partial charge in [0.1, 0.15) is 30.6 Å². The third kappa shape index (κ3) is 11.1. The van der Waals surface area contributed by atoms with E-state index in [1.807, 2.05) is 0 Å². The summed E-state index contributed by atoms with van der Waals surface area (Å²) in [6.45, 7) is 5.87. The molecule has 1 unspecified atom stereocenters. The van der Waals surface area contributed by atoms with E-state index in [-0.39, 0.29) is 76.7 Å². The smallest absolute Gasteiger partial charge is 0.408 e. The minimum Gasteiger partial charge on any atom is -0.458 e. The number of aliphatic hydroxyl groups is 1. The predicted octanol–water partition coefficient (Wildman–Crippen LogP) is 2.43. The molecule has 0 saturated carbocycles. The molecule has 7 rings (SSSR count). The number of amides is 5. The lowest BCUT2D eigenvalue weighted by atomic mass is 9.86. The van der Waals surface area contributed by atoms with Gasteiger partial charge in [-0.15, -0.1) is 0 Å². The van der Waals surface area contributed by atoms with E-state index in [9.17, 15) is 51.5 Å². The second-order valence-electron chi connectivity index (χ2n) is 17.7. The first kappa shape index (κ1) is 50.3. The molecule has 0 saturated heterocycles. The van der Waals surface area contributed by atoms with Crippen LogP contribution in [0.25, 0.3) is 22.3 Å². The fraction of sp³-hybridized carbons (Fsp3) is 0.333. The number of hydrogen-bond donors (Lipinski definition) is 7. The molecule has 7 N–H and O–H groups in total. The van der Waals surface area contributed by atoms with Crippen molar-refractivity contribution < 1.29 is 56.2 Å². The van der Waals surface area contributed by atoms with Crippen molar-refractivity contribution in [2.24, 2.45) is 0 Å². The molecule has 2 aliphatic rings. The average Bonchev–Trinajstić information content (AvgIpc) is 3.68. The summed E-state index contributed by atoms with van der Waals surface area (Å²) >= 11 is 0. The topological polar surface area (TPSA) is 282 Å². The Kier molecular flexibility index (Phi) is 14.5. The van der Waals surface area contributed by atoms with Crippen LogP contribution >= 0.6 is 0 Å². The molecule has 0 aliphatic carbocycles. The normalized spacial score (nSPS) is 15.4. The maximum Gasteiger partial charge on any atom is 0.408 e. The van der Waals surface area contributed by atoms with E-state index >= 15 is 0 Å². The van der Waals surface area contributed by atoms with E-state index < -0.39 is 94.0 Å². The SMILES string of the molecule is CC[C@@]1(O)C(=O)OCc2c1cc1n(c2=O)Cc2c-1nc1cc(F)c(C)cc1c2CNS(=O)(=O)c1ccc(NC(=O)CNC(=O)C(Cc2ccccc2)NC(=O)CNC(=O)CNC(=O)OC(C)(C)C)cc1. The Morgan fingerprint density at radius 2 is 1.60 bits per heavy atom. The molecular weight excluding hydrogens is 932 g/mol. The fourth-order valence-electron chi connectivity index (χ4n) is 7.97. The Labute approximate surface area is 400 Å². The largest absolute Gasteiger partial charge is 0.458 e. The number of sulfonamides is 1. The highest BCUT2D eigenvalue weighted by Crippen LogP contribution is 2.40. The zero-order valence-corrected chi connectivity index (χ0v) is 39.6. The van der Waals surface area contributed by atoms with Crippen molar-refractivity contribution in [3.05, 3.63) is 122 Å². The number of fused-ring (bicyclic) bond motifs is 5. The molecule has 5 aromatic rings. The molecule has 0 spiro atoms. The highest BCUT2D eigenvalue weighted by Gasteiger charge is 2.45. The van der Waals surface area contributed by atoms with Crippen LogP contribution in [-0.2, 0) is 75.2 Å². The molecule has 20 nitrogen and oxygen atoms in total. The van der Waals surface area contributed by atoms with Crippen LogP contribution in [0.15, 0.2) is 82.5 Å². The number of rotatable bonds is 16. The number of aryl methyl sites for hydroxylation is 1. The number of benzene rings is 3. The van der Waals surface area contributed by atoms with Crippen LogP contribution in [0.4, 0.5) is 14.9 Å². The van der Waals surface area contributed by atoms with Gasteiger partial charge in [-0.1, -0.05) is 37.3 Å². The number of cyclic esters (lactones) is 1. The average molecular weight is 983 g/mol. The van der Waals surface area contributed by atoms with Crippen molar-refractivity contribution in [1.82, 2.24) is 35.5 Å². The minimum absolute atomic E-state index is 0.0365. The van der Waals surface area contributed by atoms with E-state index in [0.717, 1.165) is 0 Å². The summed E-state index contributed by atoms with van der Waals surface area (Å²) in [5.41, 5.74) is -0.475. The number of aromatic nitrogens is 2. The zero-order valence-electron chi connectivity index (χ0n) is 38.8. The summed E-state index contributed by atoms with van der Waals surface area (Å²) in [6, 6.07) is 17.0. The van der Waals surface area contributed by atoms with Crippen LogP contribution in [-0.4, -0.2) is 90.0 Å². The number of hydrogen-bond acceptors (Lipinski definition) is 13. The quantitative estimate of drug-likeness (QED) is 0.0688. The molecule has 0 bridgehead atoms. The fourth-order valence-corrected chi connectivity index (χ4v) is 8.97. The number of carbonyl (C=O) groups is 6. The Balaban J connectivity index is 0.994. The van der Waals surface area contributed by atoms with Gasteiger partial charge in [-0.2, -0.15) is 0 Å². The summed E-state index contributed by atoms with van der Waals surface area (Å²) in [4.78, 5) is 94.3. The van der Waals surface area contributed by atoms with Gasteiger partial charge in [0.15, 0.2) is 5.60 Å². The number of ether oxygens (including phenoxy) is 2. The number of halogens is 1. The van der Waals surface area contributed by atoms with Crippen LogP contribution in [0, 0.1) is 12.7 Å². The molecule has 4 heterocycles. The van der Waals surface area contributed by atoms with E-state index in [0.29, 0.717) is 22.1 Å². The van der Waals surface area contributed by atoms with Crippen molar-refractivity contribution in [3.63, 3.8) is 0 Å². The number of esters is 1. The minimum atomic E-state index is -4.26. The number of alkyl carbamates (subject to hydrolysis) is 1. The van der Waals surface area contributed by atoms with E-state index in [1.54, 1.807) is 71.0 Å². The van der Waals surface area contributed by atoms with Crippen molar-refractivity contribution in [2.45, 2.75) is 89.3 Å². The third-order valence-electron chi connectivity index (χ3n) is 11.6. The maximum atomic E-state index is 15.0. The summed E-state index contributed by atoms with van der Waals surface area (Å²) in [5.74, 6) is -4.25. The van der Waals surface area contributed by atoms with Crippen LogP contribution < -0.4 is 36.9 Å². The van der Waals surface area contributed by atoms with Gasteiger partial charge in [-0.3, -0.25) is 24.0 Å². The lowest BCUT2D eigenvalue weighted by Crippen LogP contribution is -2.52. The summed E-state index contributed by atoms with van der Waals surface area (Å²) < 4.78 is 56.8. The molecule has 368 valence electrons. The molecule has 2 aliphatic heterocycles. The summed E-state index contributed by atoms with van der Waals surface area (Å²) in [6.07, 6.45) is -0.858. The molecular formula is C48H51FN8O12S. The molecule has 2 atom stereocenters. The van der Waals surface area contributed by atoms with Crippen molar-refractivity contribution in [1.29, 1.82) is 0 Å². The number of nitrogens with one attached hydrogen (secondary N) is 6. The lowest BCUT2D eigenvalue weighted by Gasteiger charge is -2.31. The summed E-state index contributed by atoms with van der Waals surface area (Å²) in [7, 11) is -4.26. The van der Waals surface area contributed by atoms with Gasteiger partial charge >= 0.3 is 12.1 Å².